The minimum Gasteiger partial charge on any atom is -0.367 e. The van der Waals surface area contributed by atoms with E-state index in [9.17, 15) is 0 Å². The Hall–Kier alpha value is -0.530. The van der Waals surface area contributed by atoms with Gasteiger partial charge in [-0.05, 0) is 18.8 Å². The van der Waals surface area contributed by atoms with E-state index in [4.69, 9.17) is 5.41 Å². The minimum absolute atomic E-state index is 0.775. The van der Waals surface area contributed by atoms with Crippen molar-refractivity contribution in [3.63, 3.8) is 0 Å². The molecule has 9 heavy (non-hydrogen) atoms. The lowest BCUT2D eigenvalue weighted by atomic mass is 10.1. The normalized spacial score (nSPS) is 9.67. The van der Waals surface area contributed by atoms with Crippen LogP contribution in [0.2, 0.25) is 0 Å². The molecule has 0 aromatic carbocycles. The van der Waals surface area contributed by atoms with E-state index in [2.05, 4.69) is 25.5 Å². The molecule has 0 atom stereocenters. The predicted molar refractivity (Wildman–Crippen MR) is 39.8 cm³/mol. The van der Waals surface area contributed by atoms with Crippen LogP contribution in [0.25, 0.3) is 0 Å². The van der Waals surface area contributed by atoms with Gasteiger partial charge in [0.1, 0.15) is 0 Å². The fourth-order valence-electron chi connectivity index (χ4n) is 0.661. The van der Waals surface area contributed by atoms with Crippen molar-refractivity contribution in [1.82, 2.24) is 5.32 Å². The molecule has 1 radical (unpaired) electrons. The molecule has 2 nitrogen and oxygen atoms in total. The summed E-state index contributed by atoms with van der Waals surface area (Å²) < 4.78 is 0. The first-order chi connectivity index (χ1) is 4.27. The maximum absolute atomic E-state index is 6.53. The maximum atomic E-state index is 6.53. The van der Waals surface area contributed by atoms with Gasteiger partial charge in [0, 0.05) is 6.54 Å². The topological polar surface area (TPSA) is 35.9 Å². The Balaban J connectivity index is 2.82. The van der Waals surface area contributed by atoms with Gasteiger partial charge in [-0.15, -0.1) is 0 Å². The largest absolute Gasteiger partial charge is 0.367 e. The van der Waals surface area contributed by atoms with Crippen molar-refractivity contribution in [3.05, 3.63) is 0 Å². The van der Waals surface area contributed by atoms with E-state index < -0.39 is 0 Å². The van der Waals surface area contributed by atoms with Crippen LogP contribution in [0.4, 0.5) is 0 Å². The second-order valence-corrected chi connectivity index (χ2v) is 2.59. The summed E-state index contributed by atoms with van der Waals surface area (Å²) in [5, 5.41) is 9.25. The summed E-state index contributed by atoms with van der Waals surface area (Å²) in [5.41, 5.74) is 0. The highest BCUT2D eigenvalue weighted by atomic mass is 14.9. The highest BCUT2D eigenvalue weighted by Gasteiger charge is 1.91. The zero-order valence-electron chi connectivity index (χ0n) is 6.20. The summed E-state index contributed by atoms with van der Waals surface area (Å²) >= 11 is 0. The fraction of sp³-hybridized carbons (Fsp3) is 0.857. The van der Waals surface area contributed by atoms with Crippen molar-refractivity contribution < 1.29 is 0 Å². The third-order valence-corrected chi connectivity index (χ3v) is 1.17. The first-order valence-electron chi connectivity index (χ1n) is 3.42. The van der Waals surface area contributed by atoms with Crippen LogP contribution in [0.3, 0.4) is 0 Å². The first-order valence-corrected chi connectivity index (χ1v) is 3.42. The molecule has 0 aliphatic heterocycles. The highest BCUT2D eigenvalue weighted by molar-refractivity contribution is 5.49. The Bertz CT molecular complexity index is 69.3. The Morgan fingerprint density at radius 1 is 1.56 bits per heavy atom. The van der Waals surface area contributed by atoms with Crippen LogP contribution in [-0.2, 0) is 0 Å². The van der Waals surface area contributed by atoms with Gasteiger partial charge in [0.2, 0.25) is 0 Å². The van der Waals surface area contributed by atoms with Gasteiger partial charge in [-0.2, -0.15) is 0 Å². The van der Waals surface area contributed by atoms with E-state index in [0.29, 0.717) is 0 Å². The molecule has 53 valence electrons. The smallest absolute Gasteiger partial charge is 0.161 e. The zero-order valence-corrected chi connectivity index (χ0v) is 6.20. The summed E-state index contributed by atoms with van der Waals surface area (Å²) in [7, 11) is 0. The molecular formula is C7H15N2. The predicted octanol–water partition coefficient (Wildman–Crippen LogP) is 1.50. The van der Waals surface area contributed by atoms with Crippen molar-refractivity contribution >= 4 is 6.34 Å². The van der Waals surface area contributed by atoms with E-state index >= 15 is 0 Å². The molecule has 0 amide bonds. The SMILES string of the molecule is CC(C)CCCN[C]=N. The third-order valence-electron chi connectivity index (χ3n) is 1.17. The Morgan fingerprint density at radius 3 is 2.67 bits per heavy atom. The maximum Gasteiger partial charge on any atom is 0.161 e. The second-order valence-electron chi connectivity index (χ2n) is 2.59. The van der Waals surface area contributed by atoms with Crippen molar-refractivity contribution in [2.24, 2.45) is 5.92 Å². The fourth-order valence-corrected chi connectivity index (χ4v) is 0.661. The molecule has 0 spiro atoms. The van der Waals surface area contributed by atoms with Crippen molar-refractivity contribution in [3.8, 4) is 0 Å². The summed E-state index contributed by atoms with van der Waals surface area (Å²) in [4.78, 5) is 0. The summed E-state index contributed by atoms with van der Waals surface area (Å²) in [6.45, 7) is 5.30. The Kier molecular flexibility index (Phi) is 5.27. The zero-order chi connectivity index (χ0) is 7.11. The minimum atomic E-state index is 0.775. The van der Waals surface area contributed by atoms with Crippen LogP contribution in [0.1, 0.15) is 26.7 Å². The lowest BCUT2D eigenvalue weighted by Gasteiger charge is -2.01. The van der Waals surface area contributed by atoms with Crippen LogP contribution < -0.4 is 5.32 Å². The van der Waals surface area contributed by atoms with Gasteiger partial charge in [0.15, 0.2) is 6.34 Å². The van der Waals surface area contributed by atoms with Crippen molar-refractivity contribution in [2.75, 3.05) is 6.54 Å². The van der Waals surface area contributed by atoms with E-state index in [1.807, 2.05) is 0 Å². The van der Waals surface area contributed by atoms with E-state index in [1.165, 1.54) is 6.42 Å². The summed E-state index contributed by atoms with van der Waals surface area (Å²) in [5.74, 6) is 0.775. The standard InChI is InChI=1S/C7H15N2/c1-7(2)4-3-5-9-6-8/h7H,3-5H2,1-2H3,(H2,8,9). The van der Waals surface area contributed by atoms with Crippen LogP contribution >= 0.6 is 0 Å². The van der Waals surface area contributed by atoms with Crippen LogP contribution in [0.15, 0.2) is 0 Å². The average molecular weight is 127 g/mol. The van der Waals surface area contributed by atoms with Crippen molar-refractivity contribution in [1.29, 1.82) is 5.41 Å². The van der Waals surface area contributed by atoms with Gasteiger partial charge in [-0.3, -0.25) is 5.41 Å². The van der Waals surface area contributed by atoms with Gasteiger partial charge in [-0.25, -0.2) is 0 Å². The molecule has 0 saturated heterocycles. The molecule has 0 saturated carbocycles. The van der Waals surface area contributed by atoms with Gasteiger partial charge in [0.25, 0.3) is 0 Å². The number of rotatable bonds is 5. The molecule has 0 aromatic rings. The molecule has 0 aliphatic rings. The van der Waals surface area contributed by atoms with E-state index in [-0.39, 0.29) is 0 Å². The van der Waals surface area contributed by atoms with E-state index in [1.54, 1.807) is 0 Å². The Labute approximate surface area is 57.2 Å². The number of hydrogen-bond donors (Lipinski definition) is 2. The van der Waals surface area contributed by atoms with Gasteiger partial charge >= 0.3 is 0 Å². The van der Waals surface area contributed by atoms with Gasteiger partial charge in [0.05, 0.1) is 0 Å². The van der Waals surface area contributed by atoms with Crippen molar-refractivity contribution in [2.45, 2.75) is 26.7 Å². The monoisotopic (exact) mass is 127 g/mol. The van der Waals surface area contributed by atoms with Crippen LogP contribution in [0.5, 0.6) is 0 Å². The number of nitrogens with one attached hydrogen (secondary N) is 2. The molecule has 0 aliphatic carbocycles. The molecular weight excluding hydrogens is 112 g/mol. The molecule has 0 rings (SSSR count). The molecule has 0 aromatic heterocycles. The van der Waals surface area contributed by atoms with Crippen LogP contribution in [0, 0.1) is 11.3 Å². The summed E-state index contributed by atoms with van der Waals surface area (Å²) in [6, 6.07) is 0. The van der Waals surface area contributed by atoms with Gasteiger partial charge in [-0.1, -0.05) is 13.8 Å². The van der Waals surface area contributed by atoms with E-state index in [0.717, 1.165) is 18.9 Å². The molecule has 2 N–H and O–H groups in total. The Morgan fingerprint density at radius 2 is 2.22 bits per heavy atom. The molecule has 0 bridgehead atoms. The average Bonchev–Trinajstić information content (AvgIpc) is 1.80. The highest BCUT2D eigenvalue weighted by Crippen LogP contribution is 2.01. The molecule has 0 unspecified atom stereocenters. The summed E-state index contributed by atoms with van der Waals surface area (Å²) in [6.07, 6.45) is 4.51. The van der Waals surface area contributed by atoms with Gasteiger partial charge < -0.3 is 5.32 Å². The quantitative estimate of drug-likeness (QED) is 0.249. The second kappa shape index (κ2) is 5.60. The molecule has 0 fully saturated rings. The first kappa shape index (κ1) is 8.47. The lowest BCUT2D eigenvalue weighted by Crippen LogP contribution is -2.11. The molecule has 2 heteroatoms. The third kappa shape index (κ3) is 7.47. The van der Waals surface area contributed by atoms with Crippen LogP contribution in [-0.4, -0.2) is 12.9 Å². The lowest BCUT2D eigenvalue weighted by molar-refractivity contribution is 0.552. The molecule has 0 heterocycles. The number of hydrogen-bond acceptors (Lipinski definition) is 1.